The monoisotopic (exact) mass is 493 g/mol. The molecular formula is C16H17BrINO4. The minimum absolute atomic E-state index is 0.0999. The molecule has 0 saturated heterocycles. The first-order valence-corrected chi connectivity index (χ1v) is 8.79. The van der Waals surface area contributed by atoms with Gasteiger partial charge in [0, 0.05) is 15.4 Å². The van der Waals surface area contributed by atoms with E-state index in [1.54, 1.807) is 0 Å². The van der Waals surface area contributed by atoms with E-state index < -0.39 is 11.7 Å². The molecule has 0 aliphatic carbocycles. The lowest BCUT2D eigenvalue weighted by molar-refractivity contribution is -0.139. The second-order valence-corrected chi connectivity index (χ2v) is 7.94. The second-order valence-electron chi connectivity index (χ2n) is 6.00. The summed E-state index contributed by atoms with van der Waals surface area (Å²) in [7, 11) is 1.35. The first kappa shape index (κ1) is 18.3. The molecule has 0 amide bonds. The average molecular weight is 494 g/mol. The van der Waals surface area contributed by atoms with E-state index >= 15 is 0 Å². The highest BCUT2D eigenvalue weighted by molar-refractivity contribution is 14.1. The molecule has 0 atom stereocenters. The highest BCUT2D eigenvalue weighted by Gasteiger charge is 2.25. The van der Waals surface area contributed by atoms with E-state index in [0.717, 1.165) is 15.4 Å². The molecule has 0 aliphatic rings. The summed E-state index contributed by atoms with van der Waals surface area (Å²) in [4.78, 5) is 24.3. The van der Waals surface area contributed by atoms with Crippen LogP contribution in [-0.4, -0.2) is 29.3 Å². The van der Waals surface area contributed by atoms with Crippen molar-refractivity contribution in [3.05, 3.63) is 31.9 Å². The zero-order chi connectivity index (χ0) is 17.4. The third-order valence-corrected chi connectivity index (χ3v) is 4.72. The number of hydrogen-bond acceptors (Lipinski definition) is 4. The van der Waals surface area contributed by atoms with Gasteiger partial charge in [0.2, 0.25) is 0 Å². The van der Waals surface area contributed by atoms with Crippen molar-refractivity contribution in [2.24, 2.45) is 0 Å². The van der Waals surface area contributed by atoms with E-state index in [1.165, 1.54) is 11.7 Å². The molecule has 23 heavy (non-hydrogen) atoms. The van der Waals surface area contributed by atoms with E-state index in [-0.39, 0.29) is 12.4 Å². The van der Waals surface area contributed by atoms with Crippen LogP contribution >= 0.6 is 38.5 Å². The quantitative estimate of drug-likeness (QED) is 0.456. The summed E-state index contributed by atoms with van der Waals surface area (Å²) in [5.74, 6) is -0.353. The van der Waals surface area contributed by atoms with Gasteiger partial charge in [0.1, 0.15) is 5.60 Å². The van der Waals surface area contributed by atoms with E-state index in [1.807, 2.05) is 39.0 Å². The van der Waals surface area contributed by atoms with Crippen molar-refractivity contribution < 1.29 is 19.1 Å². The predicted molar refractivity (Wildman–Crippen MR) is 99.7 cm³/mol. The van der Waals surface area contributed by atoms with Crippen molar-refractivity contribution in [2.45, 2.75) is 32.8 Å². The Labute approximate surface area is 156 Å². The van der Waals surface area contributed by atoms with Gasteiger partial charge in [-0.25, -0.2) is 9.36 Å². The Bertz CT molecular complexity index is 776. The van der Waals surface area contributed by atoms with Crippen LogP contribution in [-0.2, 0) is 20.7 Å². The van der Waals surface area contributed by atoms with Crippen LogP contribution in [0.25, 0.3) is 10.9 Å². The maximum atomic E-state index is 12.6. The van der Waals surface area contributed by atoms with Crippen LogP contribution < -0.4 is 0 Å². The summed E-state index contributed by atoms with van der Waals surface area (Å²) in [5.41, 5.74) is 0.841. The number of halogens is 2. The van der Waals surface area contributed by atoms with Crippen molar-refractivity contribution in [2.75, 3.05) is 7.11 Å². The Morgan fingerprint density at radius 2 is 1.96 bits per heavy atom. The summed E-state index contributed by atoms with van der Waals surface area (Å²) in [6.07, 6.45) is -0.371. The normalized spacial score (nSPS) is 11.6. The number of benzene rings is 1. The molecule has 0 bridgehead atoms. The van der Waals surface area contributed by atoms with E-state index in [4.69, 9.17) is 9.47 Å². The van der Waals surface area contributed by atoms with E-state index in [9.17, 15) is 9.59 Å². The fourth-order valence-electron chi connectivity index (χ4n) is 2.17. The number of fused-ring (bicyclic) bond motifs is 1. The predicted octanol–water partition coefficient (Wildman–Crippen LogP) is 4.51. The molecule has 7 heteroatoms. The molecule has 0 aliphatic heterocycles. The Hall–Kier alpha value is -1.09. The lowest BCUT2D eigenvalue weighted by Gasteiger charge is -2.20. The highest BCUT2D eigenvalue weighted by Crippen LogP contribution is 2.31. The van der Waals surface area contributed by atoms with Gasteiger partial charge in [-0.15, -0.1) is 0 Å². The Morgan fingerprint density at radius 3 is 2.52 bits per heavy atom. The maximum Gasteiger partial charge on any atom is 0.419 e. The van der Waals surface area contributed by atoms with Gasteiger partial charge >= 0.3 is 12.1 Å². The summed E-state index contributed by atoms with van der Waals surface area (Å²) in [6, 6.07) is 5.58. The molecule has 0 N–H and O–H groups in total. The molecule has 1 aromatic heterocycles. The number of nitrogens with zero attached hydrogens (tertiary/aromatic N) is 1. The minimum atomic E-state index is -0.606. The lowest BCUT2D eigenvalue weighted by atomic mass is 10.1. The van der Waals surface area contributed by atoms with Gasteiger partial charge in [0.15, 0.2) is 0 Å². The van der Waals surface area contributed by atoms with Crippen LogP contribution in [0.2, 0.25) is 0 Å². The molecule has 2 aromatic rings. The van der Waals surface area contributed by atoms with Crippen LogP contribution in [0.15, 0.2) is 22.7 Å². The van der Waals surface area contributed by atoms with Crippen molar-refractivity contribution >= 4 is 61.5 Å². The zero-order valence-electron chi connectivity index (χ0n) is 13.3. The fraction of sp³-hybridized carbons (Fsp3) is 0.375. The average Bonchev–Trinajstić information content (AvgIpc) is 2.68. The van der Waals surface area contributed by atoms with Crippen LogP contribution in [0.5, 0.6) is 0 Å². The molecule has 0 radical (unpaired) electrons. The topological polar surface area (TPSA) is 57.5 Å². The van der Waals surface area contributed by atoms with Gasteiger partial charge < -0.3 is 9.47 Å². The SMILES string of the molecule is COC(=O)Cc1c(I)n(C(=O)OC(C)(C)C)c2cc(Br)ccc12. The summed E-state index contributed by atoms with van der Waals surface area (Å²) in [6.45, 7) is 5.44. The Kier molecular flexibility index (Phi) is 5.40. The Morgan fingerprint density at radius 1 is 1.30 bits per heavy atom. The number of esters is 1. The van der Waals surface area contributed by atoms with Crippen molar-refractivity contribution in [1.82, 2.24) is 4.57 Å². The number of aromatic nitrogens is 1. The number of carbonyl (C=O) groups excluding carboxylic acids is 2. The van der Waals surface area contributed by atoms with Gasteiger partial charge in [0.05, 0.1) is 22.7 Å². The van der Waals surface area contributed by atoms with Crippen LogP contribution in [0.1, 0.15) is 26.3 Å². The summed E-state index contributed by atoms with van der Waals surface area (Å²) in [5, 5.41) is 0.828. The maximum absolute atomic E-state index is 12.6. The first-order chi connectivity index (χ1) is 10.6. The van der Waals surface area contributed by atoms with Crippen molar-refractivity contribution in [3.8, 4) is 0 Å². The molecule has 0 spiro atoms. The molecule has 1 heterocycles. The largest absolute Gasteiger partial charge is 0.469 e. The number of carbonyl (C=O) groups is 2. The fourth-order valence-corrected chi connectivity index (χ4v) is 3.45. The van der Waals surface area contributed by atoms with Crippen molar-refractivity contribution in [1.29, 1.82) is 0 Å². The molecule has 2 rings (SSSR count). The molecule has 124 valence electrons. The third-order valence-electron chi connectivity index (χ3n) is 3.10. The molecule has 0 unspecified atom stereocenters. The molecule has 0 saturated carbocycles. The van der Waals surface area contributed by atoms with E-state index in [0.29, 0.717) is 9.22 Å². The number of ether oxygens (including phenoxy) is 2. The van der Waals surface area contributed by atoms with Gasteiger partial charge in [-0.05, 0) is 55.5 Å². The van der Waals surface area contributed by atoms with Crippen molar-refractivity contribution in [3.63, 3.8) is 0 Å². The molecule has 1 aromatic carbocycles. The van der Waals surface area contributed by atoms with Gasteiger partial charge in [-0.2, -0.15) is 0 Å². The minimum Gasteiger partial charge on any atom is -0.469 e. The first-order valence-electron chi connectivity index (χ1n) is 6.92. The molecular weight excluding hydrogens is 477 g/mol. The Balaban J connectivity index is 2.63. The smallest absolute Gasteiger partial charge is 0.419 e. The zero-order valence-corrected chi connectivity index (χ0v) is 17.0. The number of rotatable bonds is 2. The number of methoxy groups -OCH3 is 1. The van der Waals surface area contributed by atoms with Gasteiger partial charge in [0.25, 0.3) is 0 Å². The van der Waals surface area contributed by atoms with Crippen LogP contribution in [0.4, 0.5) is 4.79 Å². The van der Waals surface area contributed by atoms with Crippen LogP contribution in [0, 0.1) is 3.70 Å². The second kappa shape index (κ2) is 6.80. The molecule has 0 fully saturated rings. The lowest BCUT2D eigenvalue weighted by Crippen LogP contribution is -2.27. The number of hydrogen-bond donors (Lipinski definition) is 0. The highest BCUT2D eigenvalue weighted by atomic mass is 127. The summed E-state index contributed by atoms with van der Waals surface area (Å²) < 4.78 is 13.2. The molecule has 5 nitrogen and oxygen atoms in total. The third kappa shape index (κ3) is 4.06. The van der Waals surface area contributed by atoms with E-state index in [2.05, 4.69) is 38.5 Å². The summed E-state index contributed by atoms with van der Waals surface area (Å²) >= 11 is 5.48. The standard InChI is InChI=1S/C16H17BrINO4/c1-16(2,3)23-15(21)19-12-7-9(17)5-6-10(12)11(14(19)18)8-13(20)22-4/h5-7H,8H2,1-4H3. The van der Waals surface area contributed by atoms with Gasteiger partial charge in [-0.3, -0.25) is 4.79 Å². The van der Waals surface area contributed by atoms with Crippen LogP contribution in [0.3, 0.4) is 0 Å². The van der Waals surface area contributed by atoms with Gasteiger partial charge in [-0.1, -0.05) is 22.0 Å².